The molecule has 2 rings (SSSR count). The molecule has 2 atom stereocenters. The monoisotopic (exact) mass is 140 g/mol. The number of aliphatic hydroxyl groups excluding tert-OH is 1. The Morgan fingerprint density at radius 2 is 2.50 bits per heavy atom. The van der Waals surface area contributed by atoms with Gasteiger partial charge in [0.1, 0.15) is 6.23 Å². The SMILES string of the molecule is OC1NNC2=CCCCC21. The first kappa shape index (κ1) is 6.19. The zero-order valence-corrected chi connectivity index (χ0v) is 5.80. The van der Waals surface area contributed by atoms with Crippen molar-refractivity contribution in [2.45, 2.75) is 25.5 Å². The summed E-state index contributed by atoms with van der Waals surface area (Å²) in [5, 5.41) is 9.31. The summed E-state index contributed by atoms with van der Waals surface area (Å²) in [5.74, 6) is 0.328. The summed E-state index contributed by atoms with van der Waals surface area (Å²) in [7, 11) is 0. The van der Waals surface area contributed by atoms with Gasteiger partial charge >= 0.3 is 0 Å². The topological polar surface area (TPSA) is 44.3 Å². The summed E-state index contributed by atoms with van der Waals surface area (Å²) < 4.78 is 0. The Kier molecular flexibility index (Phi) is 1.39. The van der Waals surface area contributed by atoms with E-state index in [1.54, 1.807) is 0 Å². The normalized spacial score (nSPS) is 38.3. The van der Waals surface area contributed by atoms with Crippen LogP contribution in [-0.2, 0) is 0 Å². The molecule has 0 aromatic carbocycles. The molecule has 0 bridgehead atoms. The van der Waals surface area contributed by atoms with Crippen LogP contribution in [0.25, 0.3) is 0 Å². The van der Waals surface area contributed by atoms with Crippen LogP contribution in [0.5, 0.6) is 0 Å². The predicted molar refractivity (Wildman–Crippen MR) is 37.7 cm³/mol. The first-order valence-corrected chi connectivity index (χ1v) is 3.77. The van der Waals surface area contributed by atoms with Gasteiger partial charge in [-0.1, -0.05) is 6.08 Å². The van der Waals surface area contributed by atoms with Crippen LogP contribution in [0.4, 0.5) is 0 Å². The van der Waals surface area contributed by atoms with Crippen molar-refractivity contribution in [1.29, 1.82) is 0 Å². The molecular formula is C7H12N2O. The second-order valence-corrected chi connectivity index (χ2v) is 2.91. The maximum absolute atomic E-state index is 9.31. The molecule has 0 aromatic rings. The molecule has 10 heavy (non-hydrogen) atoms. The van der Waals surface area contributed by atoms with Gasteiger partial charge in [0.25, 0.3) is 0 Å². The number of hydrazine groups is 1. The van der Waals surface area contributed by atoms with Gasteiger partial charge in [0.2, 0.25) is 0 Å². The van der Waals surface area contributed by atoms with Crippen LogP contribution < -0.4 is 10.9 Å². The van der Waals surface area contributed by atoms with E-state index in [0.717, 1.165) is 12.8 Å². The summed E-state index contributed by atoms with van der Waals surface area (Å²) in [6.07, 6.45) is 5.25. The number of rotatable bonds is 0. The molecule has 0 aromatic heterocycles. The van der Waals surface area contributed by atoms with E-state index in [-0.39, 0.29) is 6.23 Å². The van der Waals surface area contributed by atoms with Crippen molar-refractivity contribution in [3.8, 4) is 0 Å². The highest BCUT2D eigenvalue weighted by Crippen LogP contribution is 2.27. The van der Waals surface area contributed by atoms with Gasteiger partial charge in [0.15, 0.2) is 0 Å². The van der Waals surface area contributed by atoms with Crippen LogP contribution in [0.3, 0.4) is 0 Å². The Hall–Kier alpha value is -0.540. The zero-order chi connectivity index (χ0) is 6.97. The molecule has 3 N–H and O–H groups in total. The molecule has 0 radical (unpaired) electrons. The summed E-state index contributed by atoms with van der Waals surface area (Å²) in [6.45, 7) is 0. The molecule has 0 spiro atoms. The third kappa shape index (κ3) is 0.822. The van der Waals surface area contributed by atoms with E-state index in [0.29, 0.717) is 5.92 Å². The molecule has 0 saturated carbocycles. The van der Waals surface area contributed by atoms with Gasteiger partial charge in [-0.3, -0.25) is 0 Å². The Morgan fingerprint density at radius 1 is 1.60 bits per heavy atom. The second kappa shape index (κ2) is 2.25. The van der Waals surface area contributed by atoms with Gasteiger partial charge in [-0.15, -0.1) is 0 Å². The van der Waals surface area contributed by atoms with Crippen LogP contribution in [0, 0.1) is 5.92 Å². The van der Waals surface area contributed by atoms with E-state index in [4.69, 9.17) is 0 Å². The minimum absolute atomic E-state index is 0.328. The minimum Gasteiger partial charge on any atom is -0.376 e. The van der Waals surface area contributed by atoms with Crippen LogP contribution in [0.15, 0.2) is 11.8 Å². The Bertz CT molecular complexity index is 167. The number of hydrogen-bond donors (Lipinski definition) is 3. The van der Waals surface area contributed by atoms with Crippen molar-refractivity contribution < 1.29 is 5.11 Å². The molecule has 3 heteroatoms. The van der Waals surface area contributed by atoms with Gasteiger partial charge in [-0.2, -0.15) is 0 Å². The highest BCUT2D eigenvalue weighted by atomic mass is 16.3. The quantitative estimate of drug-likeness (QED) is 0.447. The molecule has 1 heterocycles. The van der Waals surface area contributed by atoms with Gasteiger partial charge in [-0.25, -0.2) is 5.43 Å². The first-order valence-electron chi connectivity index (χ1n) is 3.77. The van der Waals surface area contributed by atoms with E-state index in [2.05, 4.69) is 16.9 Å². The summed E-state index contributed by atoms with van der Waals surface area (Å²) in [4.78, 5) is 0. The van der Waals surface area contributed by atoms with E-state index >= 15 is 0 Å². The lowest BCUT2D eigenvalue weighted by molar-refractivity contribution is 0.109. The molecule has 1 saturated heterocycles. The fourth-order valence-corrected chi connectivity index (χ4v) is 1.63. The third-order valence-corrected chi connectivity index (χ3v) is 2.23. The molecular weight excluding hydrogens is 128 g/mol. The van der Waals surface area contributed by atoms with E-state index in [9.17, 15) is 5.11 Å². The van der Waals surface area contributed by atoms with Gasteiger partial charge in [-0.05, 0) is 19.3 Å². The molecule has 2 unspecified atom stereocenters. The number of allylic oxidation sites excluding steroid dienone is 1. The van der Waals surface area contributed by atoms with Crippen molar-refractivity contribution in [3.05, 3.63) is 11.8 Å². The standard InChI is InChI=1S/C7H12N2O/c10-7-5-3-1-2-4-6(5)8-9-7/h4-5,7-10H,1-3H2. The molecule has 2 aliphatic rings. The van der Waals surface area contributed by atoms with Crippen molar-refractivity contribution in [3.63, 3.8) is 0 Å². The van der Waals surface area contributed by atoms with E-state index in [1.165, 1.54) is 12.1 Å². The number of hydrogen-bond acceptors (Lipinski definition) is 3. The minimum atomic E-state index is -0.369. The lowest BCUT2D eigenvalue weighted by Gasteiger charge is -2.16. The van der Waals surface area contributed by atoms with E-state index in [1.807, 2.05) is 0 Å². The van der Waals surface area contributed by atoms with Crippen molar-refractivity contribution >= 4 is 0 Å². The van der Waals surface area contributed by atoms with E-state index < -0.39 is 0 Å². The maximum atomic E-state index is 9.31. The lowest BCUT2D eigenvalue weighted by Crippen LogP contribution is -2.30. The van der Waals surface area contributed by atoms with Crippen molar-refractivity contribution in [2.24, 2.45) is 5.92 Å². The van der Waals surface area contributed by atoms with Crippen LogP contribution in [0.1, 0.15) is 19.3 Å². The van der Waals surface area contributed by atoms with Gasteiger partial charge < -0.3 is 10.5 Å². The van der Waals surface area contributed by atoms with Gasteiger partial charge in [0, 0.05) is 11.6 Å². The van der Waals surface area contributed by atoms with Crippen LogP contribution in [-0.4, -0.2) is 11.3 Å². The molecule has 1 aliphatic carbocycles. The average molecular weight is 140 g/mol. The third-order valence-electron chi connectivity index (χ3n) is 2.23. The first-order chi connectivity index (χ1) is 4.88. The predicted octanol–water partition coefficient (Wildman–Crippen LogP) is 0.0966. The maximum Gasteiger partial charge on any atom is 0.129 e. The molecule has 0 amide bonds. The van der Waals surface area contributed by atoms with Crippen molar-refractivity contribution in [1.82, 2.24) is 10.9 Å². The molecule has 1 fully saturated rings. The molecule has 56 valence electrons. The lowest BCUT2D eigenvalue weighted by atomic mass is 9.93. The number of nitrogens with one attached hydrogen (secondary N) is 2. The van der Waals surface area contributed by atoms with Crippen LogP contribution >= 0.6 is 0 Å². The number of fused-ring (bicyclic) bond motifs is 1. The van der Waals surface area contributed by atoms with Gasteiger partial charge in [0.05, 0.1) is 0 Å². The van der Waals surface area contributed by atoms with Crippen LogP contribution in [0.2, 0.25) is 0 Å². The molecule has 1 aliphatic heterocycles. The Balaban J connectivity index is 2.17. The number of aliphatic hydroxyl groups is 1. The average Bonchev–Trinajstić information content (AvgIpc) is 2.34. The highest BCUT2D eigenvalue weighted by molar-refractivity contribution is 5.12. The zero-order valence-electron chi connectivity index (χ0n) is 5.80. The summed E-state index contributed by atoms with van der Waals surface area (Å²) in [5.41, 5.74) is 6.95. The fourth-order valence-electron chi connectivity index (χ4n) is 1.63. The Morgan fingerprint density at radius 3 is 3.30 bits per heavy atom. The molecule has 3 nitrogen and oxygen atoms in total. The highest BCUT2D eigenvalue weighted by Gasteiger charge is 2.30. The van der Waals surface area contributed by atoms with Crippen molar-refractivity contribution in [2.75, 3.05) is 0 Å². The summed E-state index contributed by atoms with van der Waals surface area (Å²) >= 11 is 0. The summed E-state index contributed by atoms with van der Waals surface area (Å²) in [6, 6.07) is 0. The smallest absolute Gasteiger partial charge is 0.129 e. The Labute approximate surface area is 60.1 Å². The fraction of sp³-hybridized carbons (Fsp3) is 0.714. The second-order valence-electron chi connectivity index (χ2n) is 2.91. The largest absolute Gasteiger partial charge is 0.376 e.